The van der Waals surface area contributed by atoms with E-state index in [1.165, 1.54) is 5.56 Å². The average molecular weight is 260 g/mol. The maximum Gasteiger partial charge on any atom is 0.122 e. The second-order valence-electron chi connectivity index (χ2n) is 6.42. The lowest BCUT2D eigenvalue weighted by molar-refractivity contribution is 0.136. The summed E-state index contributed by atoms with van der Waals surface area (Å²) in [5, 5.41) is 3.58. The minimum atomic E-state index is 0.239. The predicted octanol–water partition coefficient (Wildman–Crippen LogP) is 2.24. The molecule has 2 heterocycles. The van der Waals surface area contributed by atoms with Gasteiger partial charge in [-0.05, 0) is 31.9 Å². The highest BCUT2D eigenvalue weighted by Crippen LogP contribution is 2.34. The van der Waals surface area contributed by atoms with Crippen molar-refractivity contribution in [3.63, 3.8) is 0 Å². The highest BCUT2D eigenvalue weighted by atomic mass is 16.5. The Labute approximate surface area is 115 Å². The molecule has 1 aromatic rings. The van der Waals surface area contributed by atoms with Gasteiger partial charge in [0.05, 0.1) is 6.61 Å². The van der Waals surface area contributed by atoms with Gasteiger partial charge in [0.15, 0.2) is 0 Å². The van der Waals surface area contributed by atoms with E-state index in [0.717, 1.165) is 45.0 Å². The maximum atomic E-state index is 5.75. The molecule has 0 bridgehead atoms. The molecule has 1 fully saturated rings. The molecule has 104 valence electrons. The van der Waals surface area contributed by atoms with Crippen molar-refractivity contribution in [2.45, 2.75) is 31.7 Å². The topological polar surface area (TPSA) is 24.5 Å². The zero-order chi connectivity index (χ0) is 13.3. The molecule has 0 aromatic heterocycles. The summed E-state index contributed by atoms with van der Waals surface area (Å²) in [6, 6.07) is 8.52. The molecule has 19 heavy (non-hydrogen) atoms. The lowest BCUT2D eigenvalue weighted by Gasteiger charge is -2.41. The molecule has 0 saturated carbocycles. The number of nitrogens with one attached hydrogen (secondary N) is 1. The fraction of sp³-hybridized carbons (Fsp3) is 0.625. The number of benzene rings is 1. The second-order valence-corrected chi connectivity index (χ2v) is 6.42. The first-order valence-electron chi connectivity index (χ1n) is 7.33. The van der Waals surface area contributed by atoms with Gasteiger partial charge >= 0.3 is 0 Å². The van der Waals surface area contributed by atoms with Crippen LogP contribution in [0.25, 0.3) is 0 Å². The fourth-order valence-electron chi connectivity index (χ4n) is 3.32. The van der Waals surface area contributed by atoms with Gasteiger partial charge in [-0.15, -0.1) is 0 Å². The molecule has 0 spiro atoms. The SMILES string of the molecule is CC1(C)CN(CC2CCOc3ccccc32)CCN1. The number of ether oxygens (including phenoxy) is 1. The molecule has 0 aliphatic carbocycles. The van der Waals surface area contributed by atoms with Crippen molar-refractivity contribution in [3.05, 3.63) is 29.8 Å². The molecule has 1 N–H and O–H groups in total. The zero-order valence-electron chi connectivity index (χ0n) is 12.0. The Kier molecular flexibility index (Phi) is 3.50. The molecule has 0 radical (unpaired) electrons. The van der Waals surface area contributed by atoms with E-state index in [9.17, 15) is 0 Å². The van der Waals surface area contributed by atoms with Crippen LogP contribution in [-0.2, 0) is 0 Å². The summed E-state index contributed by atoms with van der Waals surface area (Å²) in [4.78, 5) is 2.60. The quantitative estimate of drug-likeness (QED) is 0.882. The van der Waals surface area contributed by atoms with Crippen molar-refractivity contribution in [3.8, 4) is 5.75 Å². The van der Waals surface area contributed by atoms with Crippen LogP contribution in [0, 0.1) is 0 Å². The van der Waals surface area contributed by atoms with Crippen LogP contribution in [-0.4, -0.2) is 43.2 Å². The molecule has 1 atom stereocenters. The summed E-state index contributed by atoms with van der Waals surface area (Å²) in [5.41, 5.74) is 1.63. The first kappa shape index (κ1) is 12.9. The highest BCUT2D eigenvalue weighted by Gasteiger charge is 2.29. The largest absolute Gasteiger partial charge is 0.493 e. The zero-order valence-corrected chi connectivity index (χ0v) is 12.0. The number of hydrogen-bond donors (Lipinski definition) is 1. The molecule has 3 nitrogen and oxygen atoms in total. The highest BCUT2D eigenvalue weighted by molar-refractivity contribution is 5.37. The third kappa shape index (κ3) is 2.93. The summed E-state index contributed by atoms with van der Waals surface area (Å²) in [6.45, 7) is 9.98. The molecule has 3 rings (SSSR count). The molecule has 3 heteroatoms. The molecule has 1 aromatic carbocycles. The standard InChI is InChI=1S/C16H24N2O/c1-16(2)12-18(9-8-17-16)11-13-7-10-19-15-6-4-3-5-14(13)15/h3-6,13,17H,7-12H2,1-2H3. The van der Waals surface area contributed by atoms with Crippen LogP contribution in [0.5, 0.6) is 5.75 Å². The van der Waals surface area contributed by atoms with Crippen molar-refractivity contribution in [2.24, 2.45) is 0 Å². The summed E-state index contributed by atoms with van der Waals surface area (Å²) in [5.74, 6) is 1.71. The van der Waals surface area contributed by atoms with Crippen molar-refractivity contribution in [1.29, 1.82) is 0 Å². The van der Waals surface area contributed by atoms with Gasteiger partial charge in [-0.2, -0.15) is 0 Å². The smallest absolute Gasteiger partial charge is 0.122 e. The summed E-state index contributed by atoms with van der Waals surface area (Å²) in [6.07, 6.45) is 1.14. The normalized spacial score (nSPS) is 26.5. The fourth-order valence-corrected chi connectivity index (χ4v) is 3.32. The third-order valence-electron chi connectivity index (χ3n) is 4.21. The van der Waals surface area contributed by atoms with Crippen molar-refractivity contribution >= 4 is 0 Å². The minimum absolute atomic E-state index is 0.239. The monoisotopic (exact) mass is 260 g/mol. The Morgan fingerprint density at radius 2 is 2.21 bits per heavy atom. The van der Waals surface area contributed by atoms with E-state index in [0.29, 0.717) is 5.92 Å². The molecular formula is C16H24N2O. The lowest BCUT2D eigenvalue weighted by Crippen LogP contribution is -2.57. The summed E-state index contributed by atoms with van der Waals surface area (Å²) < 4.78 is 5.75. The van der Waals surface area contributed by atoms with Gasteiger partial charge in [0.2, 0.25) is 0 Å². The molecule has 2 aliphatic rings. The summed E-state index contributed by atoms with van der Waals surface area (Å²) >= 11 is 0. The number of hydrogen-bond acceptors (Lipinski definition) is 3. The molecular weight excluding hydrogens is 236 g/mol. The van der Waals surface area contributed by atoms with Gasteiger partial charge in [-0.1, -0.05) is 18.2 Å². The number of nitrogens with zero attached hydrogens (tertiary/aromatic N) is 1. The Morgan fingerprint density at radius 1 is 1.37 bits per heavy atom. The Bertz CT molecular complexity index is 444. The van der Waals surface area contributed by atoms with Gasteiger partial charge < -0.3 is 10.1 Å². The van der Waals surface area contributed by atoms with E-state index in [1.54, 1.807) is 0 Å². The van der Waals surface area contributed by atoms with Crippen LogP contribution in [0.15, 0.2) is 24.3 Å². The third-order valence-corrected chi connectivity index (χ3v) is 4.21. The van der Waals surface area contributed by atoms with Gasteiger partial charge in [0, 0.05) is 37.6 Å². The van der Waals surface area contributed by atoms with Crippen molar-refractivity contribution in [1.82, 2.24) is 10.2 Å². The van der Waals surface area contributed by atoms with Crippen LogP contribution in [0.2, 0.25) is 0 Å². The van der Waals surface area contributed by atoms with Crippen LogP contribution in [0.1, 0.15) is 31.7 Å². The van der Waals surface area contributed by atoms with Gasteiger partial charge in [0.25, 0.3) is 0 Å². The van der Waals surface area contributed by atoms with Gasteiger partial charge in [-0.3, -0.25) is 4.90 Å². The molecule has 1 saturated heterocycles. The number of fused-ring (bicyclic) bond motifs is 1. The number of rotatable bonds is 2. The Balaban J connectivity index is 1.71. The minimum Gasteiger partial charge on any atom is -0.493 e. The number of para-hydroxylation sites is 1. The van der Waals surface area contributed by atoms with Gasteiger partial charge in [0.1, 0.15) is 5.75 Å². The van der Waals surface area contributed by atoms with Crippen LogP contribution < -0.4 is 10.1 Å². The van der Waals surface area contributed by atoms with E-state index in [-0.39, 0.29) is 5.54 Å². The van der Waals surface area contributed by atoms with Crippen LogP contribution in [0.3, 0.4) is 0 Å². The second kappa shape index (κ2) is 5.14. The van der Waals surface area contributed by atoms with E-state index in [1.807, 2.05) is 0 Å². The first-order valence-corrected chi connectivity index (χ1v) is 7.33. The van der Waals surface area contributed by atoms with E-state index in [4.69, 9.17) is 4.74 Å². The lowest BCUT2D eigenvalue weighted by atomic mass is 9.91. The van der Waals surface area contributed by atoms with E-state index >= 15 is 0 Å². The van der Waals surface area contributed by atoms with Crippen LogP contribution in [0.4, 0.5) is 0 Å². The molecule has 0 amide bonds. The molecule has 2 aliphatic heterocycles. The van der Waals surface area contributed by atoms with Gasteiger partial charge in [-0.25, -0.2) is 0 Å². The Morgan fingerprint density at radius 3 is 3.05 bits per heavy atom. The Hall–Kier alpha value is -1.06. The van der Waals surface area contributed by atoms with Crippen molar-refractivity contribution in [2.75, 3.05) is 32.8 Å². The van der Waals surface area contributed by atoms with Crippen LogP contribution >= 0.6 is 0 Å². The van der Waals surface area contributed by atoms with E-state index in [2.05, 4.69) is 48.3 Å². The summed E-state index contributed by atoms with van der Waals surface area (Å²) in [7, 11) is 0. The average Bonchev–Trinajstić information content (AvgIpc) is 2.38. The predicted molar refractivity (Wildman–Crippen MR) is 77.8 cm³/mol. The number of piperazine rings is 1. The first-order chi connectivity index (χ1) is 9.14. The van der Waals surface area contributed by atoms with E-state index < -0.39 is 0 Å². The maximum absolute atomic E-state index is 5.75. The van der Waals surface area contributed by atoms with Crippen molar-refractivity contribution < 1.29 is 4.74 Å². The molecule has 1 unspecified atom stereocenters.